The van der Waals surface area contributed by atoms with Gasteiger partial charge in [0, 0.05) is 4.90 Å². The molecule has 0 saturated carbocycles. The predicted molar refractivity (Wildman–Crippen MR) is 85.5 cm³/mol. The summed E-state index contributed by atoms with van der Waals surface area (Å²) in [7, 11) is -1.49. The third kappa shape index (κ3) is 5.01. The van der Waals surface area contributed by atoms with E-state index in [1.807, 2.05) is 30.5 Å². The van der Waals surface area contributed by atoms with Crippen LogP contribution < -0.4 is 14.9 Å². The van der Waals surface area contributed by atoms with E-state index >= 15 is 0 Å². The number of ether oxygens (including phenoxy) is 2. The molecule has 110 valence electrons. The van der Waals surface area contributed by atoms with Crippen molar-refractivity contribution in [2.45, 2.75) is 4.90 Å². The van der Waals surface area contributed by atoms with Gasteiger partial charge >= 0.3 is 7.12 Å². The summed E-state index contributed by atoms with van der Waals surface area (Å²) < 4.78 is 11.1. The maximum atomic E-state index is 9.08. The largest absolute Gasteiger partial charge is 0.490 e. The molecule has 4 nitrogen and oxygen atoms in total. The Morgan fingerprint density at radius 3 is 2.24 bits per heavy atom. The number of thioether (sulfide) groups is 1. The summed E-state index contributed by atoms with van der Waals surface area (Å²) in [5, 5.41) is 18.2. The Bertz CT molecular complexity index is 560. The summed E-state index contributed by atoms with van der Waals surface area (Å²) in [6.45, 7) is 0.805. The van der Waals surface area contributed by atoms with Gasteiger partial charge in [-0.25, -0.2) is 0 Å². The third-order valence-corrected chi connectivity index (χ3v) is 3.58. The second-order valence-electron chi connectivity index (χ2n) is 4.32. The Kier molecular flexibility index (Phi) is 5.98. The molecular weight excluding hydrogens is 287 g/mol. The highest BCUT2D eigenvalue weighted by molar-refractivity contribution is 7.98. The van der Waals surface area contributed by atoms with Crippen LogP contribution in [-0.2, 0) is 0 Å². The van der Waals surface area contributed by atoms with Crippen molar-refractivity contribution in [3.05, 3.63) is 48.5 Å². The second-order valence-corrected chi connectivity index (χ2v) is 5.20. The molecule has 0 unspecified atom stereocenters. The number of rotatable bonds is 7. The fourth-order valence-corrected chi connectivity index (χ4v) is 2.16. The van der Waals surface area contributed by atoms with Crippen molar-refractivity contribution in [1.82, 2.24) is 0 Å². The zero-order valence-corrected chi connectivity index (χ0v) is 12.5. The molecule has 0 heterocycles. The van der Waals surface area contributed by atoms with Gasteiger partial charge < -0.3 is 19.5 Å². The molecule has 2 rings (SSSR count). The highest BCUT2D eigenvalue weighted by Gasteiger charge is 2.10. The molecule has 0 aliphatic carbocycles. The summed E-state index contributed by atoms with van der Waals surface area (Å²) in [6.07, 6.45) is 2.03. The van der Waals surface area contributed by atoms with Crippen molar-refractivity contribution in [2.24, 2.45) is 0 Å². The first kappa shape index (κ1) is 15.8. The minimum Gasteiger partial charge on any atom is -0.490 e. The lowest BCUT2D eigenvalue weighted by Gasteiger charge is -2.09. The van der Waals surface area contributed by atoms with Crippen LogP contribution in [0.2, 0.25) is 0 Å². The zero-order chi connectivity index (χ0) is 15.1. The van der Waals surface area contributed by atoms with E-state index in [-0.39, 0.29) is 0 Å². The van der Waals surface area contributed by atoms with Gasteiger partial charge in [0.15, 0.2) is 0 Å². The maximum Gasteiger partial charge on any atom is 0.488 e. The summed E-state index contributed by atoms with van der Waals surface area (Å²) >= 11 is 1.69. The second kappa shape index (κ2) is 7.97. The first-order valence-electron chi connectivity index (χ1n) is 6.55. The van der Waals surface area contributed by atoms with Gasteiger partial charge in [0.1, 0.15) is 24.7 Å². The Labute approximate surface area is 128 Å². The van der Waals surface area contributed by atoms with Crippen molar-refractivity contribution in [1.29, 1.82) is 0 Å². The number of hydrogen-bond acceptors (Lipinski definition) is 5. The van der Waals surface area contributed by atoms with Crippen LogP contribution in [0.1, 0.15) is 0 Å². The normalized spacial score (nSPS) is 10.2. The van der Waals surface area contributed by atoms with Crippen molar-refractivity contribution < 1.29 is 19.5 Å². The Balaban J connectivity index is 1.77. The number of benzene rings is 2. The van der Waals surface area contributed by atoms with Gasteiger partial charge in [-0.05, 0) is 48.1 Å². The molecule has 2 aromatic rings. The van der Waals surface area contributed by atoms with Crippen molar-refractivity contribution in [2.75, 3.05) is 19.5 Å². The van der Waals surface area contributed by atoms with Gasteiger partial charge in [0.2, 0.25) is 0 Å². The van der Waals surface area contributed by atoms with Gasteiger partial charge in [-0.3, -0.25) is 0 Å². The van der Waals surface area contributed by atoms with Crippen LogP contribution in [-0.4, -0.2) is 36.6 Å². The smallest absolute Gasteiger partial charge is 0.488 e. The third-order valence-electron chi connectivity index (χ3n) is 2.84. The highest BCUT2D eigenvalue weighted by atomic mass is 32.2. The average Bonchev–Trinajstić information content (AvgIpc) is 2.52. The van der Waals surface area contributed by atoms with Gasteiger partial charge in [-0.2, -0.15) is 0 Å². The molecular formula is C15H17BO4S. The molecule has 0 aromatic heterocycles. The lowest BCUT2D eigenvalue weighted by atomic mass is 9.80. The molecule has 0 bridgehead atoms. The average molecular weight is 304 g/mol. The lowest BCUT2D eigenvalue weighted by molar-refractivity contribution is 0.217. The molecule has 2 N–H and O–H groups in total. The van der Waals surface area contributed by atoms with Crippen molar-refractivity contribution >= 4 is 24.3 Å². The first-order chi connectivity index (χ1) is 10.2. The van der Waals surface area contributed by atoms with Crippen molar-refractivity contribution in [3.8, 4) is 11.5 Å². The standard InChI is InChI=1S/C15H17BO4S/c1-21-15-7-5-13(6-8-15)19-9-10-20-14-4-2-3-12(11-14)16(17)18/h2-8,11,17-18H,9-10H2,1H3. The van der Waals surface area contributed by atoms with Crippen LogP contribution >= 0.6 is 11.8 Å². The monoisotopic (exact) mass is 304 g/mol. The Hall–Kier alpha value is -1.63. The summed E-state index contributed by atoms with van der Waals surface area (Å²) in [4.78, 5) is 1.19. The molecule has 0 fully saturated rings. The van der Waals surface area contributed by atoms with Gasteiger partial charge in [0.25, 0.3) is 0 Å². The molecule has 0 saturated heterocycles. The molecule has 6 heteroatoms. The number of hydrogen-bond donors (Lipinski definition) is 2. The molecule has 21 heavy (non-hydrogen) atoms. The minimum absolute atomic E-state index is 0.384. The summed E-state index contributed by atoms with van der Waals surface area (Å²) in [5.41, 5.74) is 0.404. The summed E-state index contributed by atoms with van der Waals surface area (Å²) in [5.74, 6) is 1.39. The molecule has 0 atom stereocenters. The lowest BCUT2D eigenvalue weighted by Crippen LogP contribution is -2.29. The fraction of sp³-hybridized carbons (Fsp3) is 0.200. The molecule has 0 amide bonds. The van der Waals surface area contributed by atoms with E-state index in [4.69, 9.17) is 19.5 Å². The van der Waals surface area contributed by atoms with E-state index in [0.29, 0.717) is 24.4 Å². The highest BCUT2D eigenvalue weighted by Crippen LogP contribution is 2.18. The van der Waals surface area contributed by atoms with Gasteiger partial charge in [0.05, 0.1) is 0 Å². The van der Waals surface area contributed by atoms with E-state index in [1.54, 1.807) is 36.0 Å². The molecule has 2 aromatic carbocycles. The van der Waals surface area contributed by atoms with Crippen LogP contribution in [0.25, 0.3) is 0 Å². The quantitative estimate of drug-likeness (QED) is 0.462. The van der Waals surface area contributed by atoms with E-state index in [0.717, 1.165) is 5.75 Å². The van der Waals surface area contributed by atoms with E-state index in [1.165, 1.54) is 4.90 Å². The SMILES string of the molecule is CSc1ccc(OCCOc2cccc(B(O)O)c2)cc1. The zero-order valence-electron chi connectivity index (χ0n) is 11.7. The van der Waals surface area contributed by atoms with Crippen LogP contribution in [0.5, 0.6) is 11.5 Å². The molecule has 0 radical (unpaired) electrons. The van der Waals surface area contributed by atoms with E-state index in [9.17, 15) is 0 Å². The summed E-state index contributed by atoms with van der Waals surface area (Å²) in [6, 6.07) is 14.6. The predicted octanol–water partition coefficient (Wildman–Crippen LogP) is 1.55. The maximum absolute atomic E-state index is 9.08. The Morgan fingerprint density at radius 1 is 0.952 bits per heavy atom. The van der Waals surface area contributed by atoms with E-state index < -0.39 is 7.12 Å². The van der Waals surface area contributed by atoms with Crippen LogP contribution in [0.4, 0.5) is 0 Å². The van der Waals surface area contributed by atoms with Crippen LogP contribution in [0.3, 0.4) is 0 Å². The van der Waals surface area contributed by atoms with Gasteiger partial charge in [-0.15, -0.1) is 11.8 Å². The van der Waals surface area contributed by atoms with Gasteiger partial charge in [-0.1, -0.05) is 12.1 Å². The van der Waals surface area contributed by atoms with Crippen molar-refractivity contribution in [3.63, 3.8) is 0 Å². The first-order valence-corrected chi connectivity index (χ1v) is 7.77. The van der Waals surface area contributed by atoms with Crippen LogP contribution in [0.15, 0.2) is 53.4 Å². The fourth-order valence-electron chi connectivity index (χ4n) is 1.76. The molecule has 0 aliphatic rings. The minimum atomic E-state index is -1.49. The Morgan fingerprint density at radius 2 is 1.62 bits per heavy atom. The van der Waals surface area contributed by atoms with E-state index in [2.05, 4.69) is 0 Å². The molecule has 0 aliphatic heterocycles. The molecule has 0 spiro atoms. The van der Waals surface area contributed by atoms with Crippen LogP contribution in [0, 0.1) is 0 Å². The topological polar surface area (TPSA) is 58.9 Å².